The number of nitrogens with one attached hydrogen (secondary N) is 1. The molecule has 0 atom stereocenters. The minimum Gasteiger partial charge on any atom is -0.419 e. The van der Waals surface area contributed by atoms with Crippen molar-refractivity contribution in [1.29, 1.82) is 0 Å². The Labute approximate surface area is 93.1 Å². The summed E-state index contributed by atoms with van der Waals surface area (Å²) < 4.78 is 5.47. The molecule has 0 aliphatic rings. The van der Waals surface area contributed by atoms with Gasteiger partial charge in [0.15, 0.2) is 0 Å². The fourth-order valence-electron chi connectivity index (χ4n) is 1.15. The van der Waals surface area contributed by atoms with Gasteiger partial charge in [-0.05, 0) is 6.07 Å². The van der Waals surface area contributed by atoms with Crippen LogP contribution in [-0.2, 0) is 6.54 Å². The van der Waals surface area contributed by atoms with Crippen LogP contribution in [0.15, 0.2) is 22.9 Å². The van der Waals surface area contributed by atoms with Crippen LogP contribution in [0.5, 0.6) is 0 Å². The standard InChI is InChI=1S/C10H13N5O/c1-7(2)11-6-9-14-15-10(16-9)8-3-4-12-13-5-8/h3-5,7,11H,6H2,1-2H3. The molecule has 0 fully saturated rings. The summed E-state index contributed by atoms with van der Waals surface area (Å²) in [5, 5.41) is 18.5. The quantitative estimate of drug-likeness (QED) is 0.827. The molecule has 2 rings (SSSR count). The Bertz CT molecular complexity index is 439. The lowest BCUT2D eigenvalue weighted by Gasteiger charge is -2.03. The molecule has 0 radical (unpaired) electrons. The first-order valence-corrected chi connectivity index (χ1v) is 5.08. The maximum absolute atomic E-state index is 5.47. The third-order valence-corrected chi connectivity index (χ3v) is 1.96. The highest BCUT2D eigenvalue weighted by Crippen LogP contribution is 2.15. The van der Waals surface area contributed by atoms with Crippen molar-refractivity contribution >= 4 is 0 Å². The van der Waals surface area contributed by atoms with E-state index in [1.165, 1.54) is 0 Å². The molecule has 6 nitrogen and oxygen atoms in total. The summed E-state index contributed by atoms with van der Waals surface area (Å²) in [5.74, 6) is 1.04. The van der Waals surface area contributed by atoms with E-state index in [0.29, 0.717) is 24.4 Å². The van der Waals surface area contributed by atoms with Crippen molar-refractivity contribution in [3.05, 3.63) is 24.4 Å². The predicted octanol–water partition coefficient (Wildman–Crippen LogP) is 1.02. The molecular formula is C10H13N5O. The minimum absolute atomic E-state index is 0.387. The monoisotopic (exact) mass is 219 g/mol. The minimum atomic E-state index is 0.387. The van der Waals surface area contributed by atoms with Gasteiger partial charge in [-0.1, -0.05) is 13.8 Å². The first kappa shape index (κ1) is 10.7. The third-order valence-electron chi connectivity index (χ3n) is 1.96. The third kappa shape index (κ3) is 2.60. The van der Waals surface area contributed by atoms with Gasteiger partial charge >= 0.3 is 0 Å². The van der Waals surface area contributed by atoms with Crippen LogP contribution in [0.2, 0.25) is 0 Å². The van der Waals surface area contributed by atoms with Gasteiger partial charge < -0.3 is 9.73 Å². The van der Waals surface area contributed by atoms with Gasteiger partial charge in [0.25, 0.3) is 0 Å². The van der Waals surface area contributed by atoms with Crippen LogP contribution in [0.3, 0.4) is 0 Å². The summed E-state index contributed by atoms with van der Waals surface area (Å²) in [7, 11) is 0. The molecular weight excluding hydrogens is 206 g/mol. The Balaban J connectivity index is 2.08. The zero-order valence-electron chi connectivity index (χ0n) is 9.21. The van der Waals surface area contributed by atoms with E-state index in [-0.39, 0.29) is 0 Å². The van der Waals surface area contributed by atoms with Crippen LogP contribution < -0.4 is 5.32 Å². The maximum Gasteiger partial charge on any atom is 0.249 e. The van der Waals surface area contributed by atoms with Crippen molar-refractivity contribution < 1.29 is 4.42 Å². The molecule has 2 aromatic rings. The van der Waals surface area contributed by atoms with Gasteiger partial charge in [0.1, 0.15) is 0 Å². The maximum atomic E-state index is 5.47. The van der Waals surface area contributed by atoms with Crippen molar-refractivity contribution in [2.75, 3.05) is 0 Å². The lowest BCUT2D eigenvalue weighted by molar-refractivity contribution is 0.458. The lowest BCUT2D eigenvalue weighted by Crippen LogP contribution is -2.21. The Morgan fingerprint density at radius 2 is 2.19 bits per heavy atom. The highest BCUT2D eigenvalue weighted by molar-refractivity contribution is 5.49. The Hall–Kier alpha value is -1.82. The number of nitrogens with zero attached hydrogens (tertiary/aromatic N) is 4. The van der Waals surface area contributed by atoms with Crippen LogP contribution in [0.1, 0.15) is 19.7 Å². The number of rotatable bonds is 4. The molecule has 2 aromatic heterocycles. The topological polar surface area (TPSA) is 76.7 Å². The molecule has 0 spiro atoms. The fraction of sp³-hybridized carbons (Fsp3) is 0.400. The second-order valence-electron chi connectivity index (χ2n) is 3.67. The normalized spacial score (nSPS) is 10.9. The summed E-state index contributed by atoms with van der Waals surface area (Å²) in [4.78, 5) is 0. The molecule has 16 heavy (non-hydrogen) atoms. The molecule has 0 saturated carbocycles. The molecule has 0 saturated heterocycles. The lowest BCUT2D eigenvalue weighted by atomic mass is 10.3. The van der Waals surface area contributed by atoms with Crippen molar-refractivity contribution in [3.8, 4) is 11.5 Å². The van der Waals surface area contributed by atoms with Crippen LogP contribution in [0.4, 0.5) is 0 Å². The van der Waals surface area contributed by atoms with E-state index in [0.717, 1.165) is 5.56 Å². The first-order valence-electron chi connectivity index (χ1n) is 5.08. The summed E-state index contributed by atoms with van der Waals surface area (Å²) in [6, 6.07) is 2.16. The van der Waals surface area contributed by atoms with Crippen LogP contribution in [0, 0.1) is 0 Å². The molecule has 2 heterocycles. The van der Waals surface area contributed by atoms with E-state index in [1.807, 2.05) is 0 Å². The summed E-state index contributed by atoms with van der Waals surface area (Å²) in [6.45, 7) is 4.69. The summed E-state index contributed by atoms with van der Waals surface area (Å²) >= 11 is 0. The van der Waals surface area contributed by atoms with Crippen molar-refractivity contribution in [2.45, 2.75) is 26.4 Å². The van der Waals surface area contributed by atoms with Crippen LogP contribution >= 0.6 is 0 Å². The summed E-state index contributed by atoms with van der Waals surface area (Å²) in [6.07, 6.45) is 3.18. The van der Waals surface area contributed by atoms with E-state index in [4.69, 9.17) is 4.42 Å². The Morgan fingerprint density at radius 3 is 2.88 bits per heavy atom. The number of hydrogen-bond acceptors (Lipinski definition) is 6. The second kappa shape index (κ2) is 4.80. The van der Waals surface area contributed by atoms with Gasteiger partial charge in [0, 0.05) is 6.04 Å². The highest BCUT2D eigenvalue weighted by atomic mass is 16.4. The number of aromatic nitrogens is 4. The van der Waals surface area contributed by atoms with Gasteiger partial charge in [0.05, 0.1) is 24.5 Å². The van der Waals surface area contributed by atoms with Gasteiger partial charge in [-0.2, -0.15) is 10.2 Å². The molecule has 84 valence electrons. The molecule has 0 bridgehead atoms. The molecule has 0 amide bonds. The molecule has 6 heteroatoms. The average Bonchev–Trinajstić information content (AvgIpc) is 2.76. The van der Waals surface area contributed by atoms with E-state index in [1.54, 1.807) is 18.5 Å². The van der Waals surface area contributed by atoms with Gasteiger partial charge in [-0.15, -0.1) is 10.2 Å². The Kier molecular flexibility index (Phi) is 3.21. The van der Waals surface area contributed by atoms with Crippen molar-refractivity contribution in [3.63, 3.8) is 0 Å². The molecule has 1 N–H and O–H groups in total. The molecule has 0 aliphatic carbocycles. The summed E-state index contributed by atoms with van der Waals surface area (Å²) in [5.41, 5.74) is 0.776. The van der Waals surface area contributed by atoms with Gasteiger partial charge in [-0.25, -0.2) is 0 Å². The highest BCUT2D eigenvalue weighted by Gasteiger charge is 2.08. The zero-order chi connectivity index (χ0) is 11.4. The van der Waals surface area contributed by atoms with Gasteiger partial charge in [-0.3, -0.25) is 0 Å². The SMILES string of the molecule is CC(C)NCc1nnc(-c2ccnnc2)o1. The van der Waals surface area contributed by atoms with Crippen molar-refractivity contribution in [1.82, 2.24) is 25.7 Å². The van der Waals surface area contributed by atoms with Gasteiger partial charge in [0.2, 0.25) is 11.8 Å². The molecule has 0 aromatic carbocycles. The van der Waals surface area contributed by atoms with Crippen LogP contribution in [0.25, 0.3) is 11.5 Å². The van der Waals surface area contributed by atoms with E-state index < -0.39 is 0 Å². The van der Waals surface area contributed by atoms with E-state index >= 15 is 0 Å². The van der Waals surface area contributed by atoms with E-state index in [2.05, 4.69) is 39.6 Å². The Morgan fingerprint density at radius 1 is 1.31 bits per heavy atom. The van der Waals surface area contributed by atoms with Crippen LogP contribution in [-0.4, -0.2) is 26.4 Å². The largest absolute Gasteiger partial charge is 0.419 e. The zero-order valence-corrected chi connectivity index (χ0v) is 9.21. The smallest absolute Gasteiger partial charge is 0.249 e. The number of hydrogen-bond donors (Lipinski definition) is 1. The molecule has 0 aliphatic heterocycles. The fourth-order valence-corrected chi connectivity index (χ4v) is 1.15. The first-order chi connectivity index (χ1) is 7.75. The predicted molar refractivity (Wildman–Crippen MR) is 57.3 cm³/mol. The van der Waals surface area contributed by atoms with Crippen molar-refractivity contribution in [2.24, 2.45) is 0 Å². The average molecular weight is 219 g/mol. The van der Waals surface area contributed by atoms with E-state index in [9.17, 15) is 0 Å². The second-order valence-corrected chi connectivity index (χ2v) is 3.67. The molecule has 0 unspecified atom stereocenters.